The van der Waals surface area contributed by atoms with Crippen molar-refractivity contribution in [2.75, 3.05) is 0 Å². The van der Waals surface area contributed by atoms with Gasteiger partial charge in [0, 0.05) is 5.02 Å². The van der Waals surface area contributed by atoms with Crippen LogP contribution in [0.5, 0.6) is 0 Å². The van der Waals surface area contributed by atoms with Crippen molar-refractivity contribution < 1.29 is 4.42 Å². The van der Waals surface area contributed by atoms with Gasteiger partial charge < -0.3 is 4.42 Å². The maximum atomic E-state index is 6.10. The van der Waals surface area contributed by atoms with Crippen molar-refractivity contribution in [3.63, 3.8) is 0 Å². The molecule has 0 bridgehead atoms. The van der Waals surface area contributed by atoms with Crippen LogP contribution in [0.15, 0.2) is 46.9 Å². The number of rotatable bonds is 1. The number of hydrogen-bond acceptors (Lipinski definition) is 2. The molecule has 0 N–H and O–H groups in total. The van der Waals surface area contributed by atoms with Crippen molar-refractivity contribution in [3.05, 3.63) is 52.5 Å². The summed E-state index contributed by atoms with van der Waals surface area (Å²) in [6, 6.07) is 12.8. The van der Waals surface area contributed by atoms with Crippen molar-refractivity contribution in [2.24, 2.45) is 0 Å². The molecule has 4 heteroatoms. The minimum atomic E-state index is 0.485. The van der Waals surface area contributed by atoms with Gasteiger partial charge in [-0.05, 0) is 30.3 Å². The molecule has 3 rings (SSSR count). The third-order valence-electron chi connectivity index (χ3n) is 2.45. The molecular formula is C13H7Cl2NO. The van der Waals surface area contributed by atoms with Gasteiger partial charge in [0.25, 0.3) is 0 Å². The van der Waals surface area contributed by atoms with Crippen molar-refractivity contribution in [3.8, 4) is 11.5 Å². The number of benzene rings is 2. The Balaban J connectivity index is 2.23. The monoisotopic (exact) mass is 263 g/mol. The molecule has 0 aliphatic carbocycles. The molecule has 0 amide bonds. The molecule has 2 aromatic carbocycles. The fourth-order valence-corrected chi connectivity index (χ4v) is 2.02. The second-order valence-corrected chi connectivity index (χ2v) is 4.45. The zero-order valence-corrected chi connectivity index (χ0v) is 10.2. The van der Waals surface area contributed by atoms with Crippen LogP contribution in [0.2, 0.25) is 10.0 Å². The second-order valence-electron chi connectivity index (χ2n) is 3.61. The first kappa shape index (κ1) is 10.6. The van der Waals surface area contributed by atoms with E-state index < -0.39 is 0 Å². The lowest BCUT2D eigenvalue weighted by molar-refractivity contribution is 0.620. The molecule has 1 aromatic heterocycles. The molecule has 1 heterocycles. The molecule has 84 valence electrons. The van der Waals surface area contributed by atoms with Crippen LogP contribution in [0.3, 0.4) is 0 Å². The predicted molar refractivity (Wildman–Crippen MR) is 69.5 cm³/mol. The molecule has 0 atom stereocenters. The summed E-state index contributed by atoms with van der Waals surface area (Å²) in [6.07, 6.45) is 0. The average molecular weight is 264 g/mol. The van der Waals surface area contributed by atoms with Crippen molar-refractivity contribution in [1.82, 2.24) is 4.98 Å². The third-order valence-corrected chi connectivity index (χ3v) is 3.02. The van der Waals surface area contributed by atoms with Crippen LogP contribution >= 0.6 is 23.2 Å². The first-order valence-electron chi connectivity index (χ1n) is 5.05. The van der Waals surface area contributed by atoms with E-state index in [1.165, 1.54) is 0 Å². The maximum Gasteiger partial charge on any atom is 0.228 e. The molecule has 0 radical (unpaired) electrons. The molecular weight excluding hydrogens is 257 g/mol. The molecule has 17 heavy (non-hydrogen) atoms. The molecule has 0 unspecified atom stereocenters. The van der Waals surface area contributed by atoms with Crippen molar-refractivity contribution in [2.45, 2.75) is 0 Å². The van der Waals surface area contributed by atoms with Gasteiger partial charge in [0.2, 0.25) is 5.89 Å². The zero-order chi connectivity index (χ0) is 11.8. The SMILES string of the molecule is Clc1ccc(Cl)c(-c2nc3ccccc3o2)c1. The summed E-state index contributed by atoms with van der Waals surface area (Å²) < 4.78 is 5.64. The summed E-state index contributed by atoms with van der Waals surface area (Å²) in [6.45, 7) is 0. The Labute approximate surface area is 108 Å². The summed E-state index contributed by atoms with van der Waals surface area (Å²) in [7, 11) is 0. The van der Waals surface area contributed by atoms with Gasteiger partial charge in [0.1, 0.15) is 5.52 Å². The molecule has 0 saturated carbocycles. The lowest BCUT2D eigenvalue weighted by atomic mass is 10.2. The van der Waals surface area contributed by atoms with E-state index in [0.29, 0.717) is 21.5 Å². The molecule has 0 aliphatic rings. The lowest BCUT2D eigenvalue weighted by Gasteiger charge is -1.99. The van der Waals surface area contributed by atoms with E-state index in [9.17, 15) is 0 Å². The largest absolute Gasteiger partial charge is 0.436 e. The Bertz CT molecular complexity index is 658. The maximum absolute atomic E-state index is 6.10. The van der Waals surface area contributed by atoms with E-state index in [1.807, 2.05) is 24.3 Å². The summed E-state index contributed by atoms with van der Waals surface area (Å²) in [4.78, 5) is 4.38. The molecule has 0 aliphatic heterocycles. The quantitative estimate of drug-likeness (QED) is 0.630. The number of oxazole rings is 1. The minimum Gasteiger partial charge on any atom is -0.436 e. The van der Waals surface area contributed by atoms with Crippen LogP contribution in [-0.4, -0.2) is 4.98 Å². The fraction of sp³-hybridized carbons (Fsp3) is 0. The van der Waals surface area contributed by atoms with Crippen LogP contribution in [-0.2, 0) is 0 Å². The first-order valence-corrected chi connectivity index (χ1v) is 5.80. The molecule has 0 saturated heterocycles. The molecule has 0 spiro atoms. The number of aromatic nitrogens is 1. The van der Waals surface area contributed by atoms with Gasteiger partial charge in [-0.25, -0.2) is 4.98 Å². The van der Waals surface area contributed by atoms with Gasteiger partial charge in [-0.2, -0.15) is 0 Å². The predicted octanol–water partition coefficient (Wildman–Crippen LogP) is 4.80. The van der Waals surface area contributed by atoms with Gasteiger partial charge in [0.05, 0.1) is 10.6 Å². The van der Waals surface area contributed by atoms with E-state index in [1.54, 1.807) is 18.2 Å². The summed E-state index contributed by atoms with van der Waals surface area (Å²) in [5.74, 6) is 0.485. The van der Waals surface area contributed by atoms with E-state index in [2.05, 4.69) is 4.98 Å². The van der Waals surface area contributed by atoms with Crippen LogP contribution in [0, 0.1) is 0 Å². The number of halogens is 2. The highest BCUT2D eigenvalue weighted by Crippen LogP contribution is 2.31. The van der Waals surface area contributed by atoms with Crippen LogP contribution in [0.4, 0.5) is 0 Å². The molecule has 0 fully saturated rings. The Hall–Kier alpha value is -1.51. The summed E-state index contributed by atoms with van der Waals surface area (Å²) >= 11 is 12.0. The number of fused-ring (bicyclic) bond motifs is 1. The highest BCUT2D eigenvalue weighted by atomic mass is 35.5. The minimum absolute atomic E-state index is 0.485. The third kappa shape index (κ3) is 1.90. The smallest absolute Gasteiger partial charge is 0.228 e. The number of para-hydroxylation sites is 2. The first-order chi connectivity index (χ1) is 8.24. The van der Waals surface area contributed by atoms with Crippen LogP contribution < -0.4 is 0 Å². The highest BCUT2D eigenvalue weighted by molar-refractivity contribution is 6.35. The Morgan fingerprint density at radius 2 is 1.82 bits per heavy atom. The van der Waals surface area contributed by atoms with Crippen molar-refractivity contribution in [1.29, 1.82) is 0 Å². The Kier molecular flexibility index (Phi) is 2.54. The fourth-order valence-electron chi connectivity index (χ4n) is 1.65. The van der Waals surface area contributed by atoms with E-state index in [4.69, 9.17) is 27.6 Å². The summed E-state index contributed by atoms with van der Waals surface area (Å²) in [5.41, 5.74) is 2.24. The van der Waals surface area contributed by atoms with Crippen LogP contribution in [0.1, 0.15) is 0 Å². The van der Waals surface area contributed by atoms with Crippen molar-refractivity contribution >= 4 is 34.3 Å². The van der Waals surface area contributed by atoms with Crippen LogP contribution in [0.25, 0.3) is 22.6 Å². The zero-order valence-electron chi connectivity index (χ0n) is 8.65. The number of hydrogen-bond donors (Lipinski definition) is 0. The van der Waals surface area contributed by atoms with E-state index >= 15 is 0 Å². The molecule has 2 nitrogen and oxygen atoms in total. The Morgan fingerprint density at radius 1 is 1.00 bits per heavy atom. The lowest BCUT2D eigenvalue weighted by Crippen LogP contribution is -1.79. The highest BCUT2D eigenvalue weighted by Gasteiger charge is 2.11. The van der Waals surface area contributed by atoms with Gasteiger partial charge in [-0.1, -0.05) is 35.3 Å². The van der Waals surface area contributed by atoms with Gasteiger partial charge in [0.15, 0.2) is 5.58 Å². The average Bonchev–Trinajstić information content (AvgIpc) is 2.75. The topological polar surface area (TPSA) is 26.0 Å². The van der Waals surface area contributed by atoms with Gasteiger partial charge in [-0.3, -0.25) is 0 Å². The van der Waals surface area contributed by atoms with Gasteiger partial charge in [-0.15, -0.1) is 0 Å². The van der Waals surface area contributed by atoms with E-state index in [-0.39, 0.29) is 0 Å². The van der Waals surface area contributed by atoms with E-state index in [0.717, 1.165) is 11.1 Å². The summed E-state index contributed by atoms with van der Waals surface area (Å²) in [5, 5.41) is 1.17. The normalized spacial score (nSPS) is 10.9. The second kappa shape index (κ2) is 4.06. The van der Waals surface area contributed by atoms with Gasteiger partial charge >= 0.3 is 0 Å². The molecule has 3 aromatic rings. The number of nitrogens with zero attached hydrogens (tertiary/aromatic N) is 1. The Morgan fingerprint density at radius 3 is 2.65 bits per heavy atom. The standard InChI is InChI=1S/C13H7Cl2NO/c14-8-5-6-10(15)9(7-8)13-16-11-3-1-2-4-12(11)17-13/h1-7H.